The van der Waals surface area contributed by atoms with Crippen LogP contribution in [0.3, 0.4) is 0 Å². The van der Waals surface area contributed by atoms with Gasteiger partial charge in [0.1, 0.15) is 0 Å². The van der Waals surface area contributed by atoms with Crippen molar-refractivity contribution in [2.45, 2.75) is 39.9 Å². The molecular weight excluding hydrogens is 214 g/mol. The van der Waals surface area contributed by atoms with Crippen LogP contribution in [0.15, 0.2) is 24.7 Å². The summed E-state index contributed by atoms with van der Waals surface area (Å²) in [5, 5.41) is 12.0. The van der Waals surface area contributed by atoms with Gasteiger partial charge in [0.2, 0.25) is 0 Å². The van der Waals surface area contributed by atoms with Crippen LogP contribution in [-0.2, 0) is 19.6 Å². The minimum Gasteiger partial charge on any atom is -0.377 e. The summed E-state index contributed by atoms with van der Waals surface area (Å²) in [6.45, 7) is 6.84. The first-order valence-electron chi connectivity index (χ1n) is 6.10. The van der Waals surface area contributed by atoms with Crippen molar-refractivity contribution in [3.05, 3.63) is 30.4 Å². The molecule has 92 valence electrons. The standard InChI is InChI=1S/C12H19N5/c1-3-6-17-10-12(9-14-17)13-8-11-5-7-16(4-2)15-11/h5,7,9-10,13H,3-4,6,8H2,1-2H3. The summed E-state index contributed by atoms with van der Waals surface area (Å²) in [5.41, 5.74) is 2.10. The lowest BCUT2D eigenvalue weighted by Crippen LogP contribution is -2.01. The van der Waals surface area contributed by atoms with Crippen molar-refractivity contribution < 1.29 is 0 Å². The maximum atomic E-state index is 4.41. The van der Waals surface area contributed by atoms with Gasteiger partial charge in [-0.1, -0.05) is 6.92 Å². The smallest absolute Gasteiger partial charge is 0.0815 e. The van der Waals surface area contributed by atoms with Gasteiger partial charge in [-0.2, -0.15) is 10.2 Å². The highest BCUT2D eigenvalue weighted by molar-refractivity contribution is 5.38. The fourth-order valence-corrected chi connectivity index (χ4v) is 1.67. The van der Waals surface area contributed by atoms with Crippen molar-refractivity contribution in [3.63, 3.8) is 0 Å². The molecule has 5 heteroatoms. The molecule has 0 amide bonds. The van der Waals surface area contributed by atoms with E-state index in [4.69, 9.17) is 0 Å². The highest BCUT2D eigenvalue weighted by atomic mass is 15.3. The first-order valence-corrected chi connectivity index (χ1v) is 6.10. The van der Waals surface area contributed by atoms with Crippen LogP contribution in [0.1, 0.15) is 26.0 Å². The van der Waals surface area contributed by atoms with Gasteiger partial charge in [-0.15, -0.1) is 0 Å². The number of hydrogen-bond donors (Lipinski definition) is 1. The summed E-state index contributed by atoms with van der Waals surface area (Å²) >= 11 is 0. The number of aromatic nitrogens is 4. The fraction of sp³-hybridized carbons (Fsp3) is 0.500. The molecule has 0 bridgehead atoms. The van der Waals surface area contributed by atoms with E-state index in [0.29, 0.717) is 0 Å². The monoisotopic (exact) mass is 233 g/mol. The number of aryl methyl sites for hydroxylation is 2. The van der Waals surface area contributed by atoms with Crippen LogP contribution < -0.4 is 5.32 Å². The first kappa shape index (κ1) is 11.7. The highest BCUT2D eigenvalue weighted by Gasteiger charge is 2.00. The Morgan fingerprint density at radius 3 is 2.88 bits per heavy atom. The molecule has 0 unspecified atom stereocenters. The molecule has 2 aromatic heterocycles. The molecule has 2 aromatic rings. The number of rotatable bonds is 6. The predicted octanol–water partition coefficient (Wildman–Crippen LogP) is 2.12. The van der Waals surface area contributed by atoms with Gasteiger partial charge in [-0.25, -0.2) is 0 Å². The van der Waals surface area contributed by atoms with E-state index >= 15 is 0 Å². The number of anilines is 1. The van der Waals surface area contributed by atoms with Crippen LogP contribution in [-0.4, -0.2) is 19.6 Å². The van der Waals surface area contributed by atoms with E-state index in [1.807, 2.05) is 34.0 Å². The Kier molecular flexibility index (Phi) is 3.80. The van der Waals surface area contributed by atoms with Gasteiger partial charge < -0.3 is 5.32 Å². The molecule has 0 radical (unpaired) electrons. The zero-order valence-electron chi connectivity index (χ0n) is 10.4. The minimum atomic E-state index is 0.741. The molecule has 0 fully saturated rings. The molecule has 0 atom stereocenters. The van der Waals surface area contributed by atoms with Crippen molar-refractivity contribution in [3.8, 4) is 0 Å². The van der Waals surface area contributed by atoms with Crippen LogP contribution in [0.2, 0.25) is 0 Å². The lowest BCUT2D eigenvalue weighted by atomic mass is 10.4. The summed E-state index contributed by atoms with van der Waals surface area (Å²) in [4.78, 5) is 0. The second kappa shape index (κ2) is 5.52. The van der Waals surface area contributed by atoms with Gasteiger partial charge in [0.25, 0.3) is 0 Å². The first-order chi connectivity index (χ1) is 8.31. The molecule has 17 heavy (non-hydrogen) atoms. The van der Waals surface area contributed by atoms with E-state index in [-0.39, 0.29) is 0 Å². The molecule has 0 aliphatic heterocycles. The van der Waals surface area contributed by atoms with Crippen LogP contribution in [0.4, 0.5) is 5.69 Å². The summed E-state index contributed by atoms with van der Waals surface area (Å²) in [6, 6.07) is 2.03. The lowest BCUT2D eigenvalue weighted by molar-refractivity contribution is 0.603. The Bertz CT molecular complexity index is 457. The highest BCUT2D eigenvalue weighted by Crippen LogP contribution is 2.07. The Balaban J connectivity index is 1.88. The Morgan fingerprint density at radius 1 is 1.29 bits per heavy atom. The van der Waals surface area contributed by atoms with Crippen molar-refractivity contribution >= 4 is 5.69 Å². The minimum absolute atomic E-state index is 0.741. The molecule has 2 rings (SSSR count). The van der Waals surface area contributed by atoms with Crippen LogP contribution in [0.25, 0.3) is 0 Å². The van der Waals surface area contributed by atoms with E-state index in [9.17, 15) is 0 Å². The van der Waals surface area contributed by atoms with E-state index < -0.39 is 0 Å². The molecule has 0 spiro atoms. The van der Waals surface area contributed by atoms with Gasteiger partial charge in [-0.3, -0.25) is 9.36 Å². The number of nitrogens with zero attached hydrogens (tertiary/aromatic N) is 4. The summed E-state index contributed by atoms with van der Waals surface area (Å²) < 4.78 is 3.88. The van der Waals surface area contributed by atoms with Crippen molar-refractivity contribution in [2.24, 2.45) is 0 Å². The molecular formula is C12H19N5. The summed E-state index contributed by atoms with van der Waals surface area (Å²) in [5.74, 6) is 0. The second-order valence-corrected chi connectivity index (χ2v) is 4.01. The van der Waals surface area contributed by atoms with Crippen molar-refractivity contribution in [2.75, 3.05) is 5.32 Å². The third-order valence-corrected chi connectivity index (χ3v) is 2.58. The van der Waals surface area contributed by atoms with Gasteiger partial charge in [0.05, 0.1) is 24.1 Å². The Hall–Kier alpha value is -1.78. The van der Waals surface area contributed by atoms with Crippen LogP contribution in [0.5, 0.6) is 0 Å². The topological polar surface area (TPSA) is 47.7 Å². The van der Waals surface area contributed by atoms with Gasteiger partial charge >= 0.3 is 0 Å². The summed E-state index contributed by atoms with van der Waals surface area (Å²) in [7, 11) is 0. The van der Waals surface area contributed by atoms with Crippen LogP contribution in [0, 0.1) is 0 Å². The SMILES string of the molecule is CCCn1cc(NCc2ccn(CC)n2)cn1. The third-order valence-electron chi connectivity index (χ3n) is 2.58. The van der Waals surface area contributed by atoms with E-state index in [1.165, 1.54) is 0 Å². The second-order valence-electron chi connectivity index (χ2n) is 4.01. The van der Waals surface area contributed by atoms with Crippen molar-refractivity contribution in [1.29, 1.82) is 0 Å². The molecule has 1 N–H and O–H groups in total. The maximum absolute atomic E-state index is 4.41. The normalized spacial score (nSPS) is 10.7. The molecule has 0 saturated heterocycles. The zero-order valence-corrected chi connectivity index (χ0v) is 10.4. The number of hydrogen-bond acceptors (Lipinski definition) is 3. The molecule has 0 saturated carbocycles. The van der Waals surface area contributed by atoms with Gasteiger partial charge in [0, 0.05) is 25.5 Å². The van der Waals surface area contributed by atoms with E-state index in [2.05, 4.69) is 29.4 Å². The average molecular weight is 233 g/mol. The summed E-state index contributed by atoms with van der Waals surface area (Å²) in [6.07, 6.45) is 6.98. The lowest BCUT2D eigenvalue weighted by Gasteiger charge is -2.00. The number of nitrogens with one attached hydrogen (secondary N) is 1. The molecule has 0 aliphatic carbocycles. The largest absolute Gasteiger partial charge is 0.377 e. The molecule has 0 aliphatic rings. The quantitative estimate of drug-likeness (QED) is 0.831. The molecule has 2 heterocycles. The Labute approximate surface area is 101 Å². The van der Waals surface area contributed by atoms with E-state index in [0.717, 1.165) is 37.4 Å². The third kappa shape index (κ3) is 3.09. The molecule has 0 aromatic carbocycles. The maximum Gasteiger partial charge on any atom is 0.0815 e. The van der Waals surface area contributed by atoms with Gasteiger partial charge in [0.15, 0.2) is 0 Å². The van der Waals surface area contributed by atoms with Crippen LogP contribution >= 0.6 is 0 Å². The fourth-order valence-electron chi connectivity index (χ4n) is 1.67. The van der Waals surface area contributed by atoms with Crippen molar-refractivity contribution in [1.82, 2.24) is 19.6 Å². The Morgan fingerprint density at radius 2 is 2.18 bits per heavy atom. The van der Waals surface area contributed by atoms with E-state index in [1.54, 1.807) is 0 Å². The predicted molar refractivity (Wildman–Crippen MR) is 67.7 cm³/mol. The zero-order chi connectivity index (χ0) is 12.1. The van der Waals surface area contributed by atoms with Gasteiger partial charge in [-0.05, 0) is 19.4 Å². The average Bonchev–Trinajstić information content (AvgIpc) is 2.95. The molecule has 5 nitrogen and oxygen atoms in total.